The Bertz CT molecular complexity index is 200. The second-order valence-electron chi connectivity index (χ2n) is 5.80. The van der Waals surface area contributed by atoms with Crippen molar-refractivity contribution in [1.82, 2.24) is 10.6 Å². The van der Waals surface area contributed by atoms with E-state index in [1.54, 1.807) is 0 Å². The summed E-state index contributed by atoms with van der Waals surface area (Å²) in [6.07, 6.45) is 4.11. The van der Waals surface area contributed by atoms with Gasteiger partial charge in [-0.3, -0.25) is 0 Å². The smallest absolute Gasteiger partial charge is 0.0125 e. The zero-order valence-electron chi connectivity index (χ0n) is 9.77. The lowest BCUT2D eigenvalue weighted by molar-refractivity contribution is 0.282. The molecule has 2 nitrogen and oxygen atoms in total. The van der Waals surface area contributed by atoms with Gasteiger partial charge >= 0.3 is 0 Å². The molecule has 2 heteroatoms. The van der Waals surface area contributed by atoms with E-state index in [1.165, 1.54) is 32.4 Å². The molecule has 0 radical (unpaired) electrons. The normalized spacial score (nSPS) is 40.9. The van der Waals surface area contributed by atoms with Crippen LogP contribution >= 0.6 is 0 Å². The van der Waals surface area contributed by atoms with Gasteiger partial charge in [0.1, 0.15) is 0 Å². The van der Waals surface area contributed by atoms with Crippen LogP contribution in [-0.4, -0.2) is 25.2 Å². The van der Waals surface area contributed by atoms with Crippen LogP contribution in [0.2, 0.25) is 0 Å². The van der Waals surface area contributed by atoms with Crippen LogP contribution in [0.5, 0.6) is 0 Å². The fourth-order valence-electron chi connectivity index (χ4n) is 2.50. The first-order chi connectivity index (χ1) is 6.59. The molecule has 0 aromatic carbocycles. The summed E-state index contributed by atoms with van der Waals surface area (Å²) >= 11 is 0. The van der Waals surface area contributed by atoms with Crippen LogP contribution in [0.4, 0.5) is 0 Å². The number of rotatable bonds is 3. The van der Waals surface area contributed by atoms with Gasteiger partial charge in [-0.25, -0.2) is 0 Å². The van der Waals surface area contributed by atoms with Crippen LogP contribution in [0, 0.1) is 11.3 Å². The Labute approximate surface area is 87.8 Å². The summed E-state index contributed by atoms with van der Waals surface area (Å²) in [5, 5.41) is 7.26. The molecule has 2 aliphatic rings. The van der Waals surface area contributed by atoms with Gasteiger partial charge in [-0.05, 0) is 50.6 Å². The van der Waals surface area contributed by atoms with Crippen molar-refractivity contribution in [3.63, 3.8) is 0 Å². The first-order valence-electron chi connectivity index (χ1n) is 6.06. The molecule has 1 aliphatic heterocycles. The Hall–Kier alpha value is -0.0800. The highest BCUT2D eigenvalue weighted by Crippen LogP contribution is 2.44. The summed E-state index contributed by atoms with van der Waals surface area (Å²) in [5.74, 6) is 0.847. The third-order valence-corrected chi connectivity index (χ3v) is 4.06. The quantitative estimate of drug-likeness (QED) is 0.719. The zero-order chi connectivity index (χ0) is 10.2. The molecule has 82 valence electrons. The van der Waals surface area contributed by atoms with Gasteiger partial charge in [-0.15, -0.1) is 0 Å². The van der Waals surface area contributed by atoms with Crippen LogP contribution in [0.1, 0.15) is 40.0 Å². The van der Waals surface area contributed by atoms with Gasteiger partial charge in [-0.1, -0.05) is 13.8 Å². The topological polar surface area (TPSA) is 24.1 Å². The van der Waals surface area contributed by atoms with Crippen molar-refractivity contribution >= 4 is 0 Å². The van der Waals surface area contributed by atoms with Gasteiger partial charge in [0.2, 0.25) is 0 Å². The monoisotopic (exact) mass is 196 g/mol. The van der Waals surface area contributed by atoms with Crippen molar-refractivity contribution in [2.24, 2.45) is 11.3 Å². The lowest BCUT2D eigenvalue weighted by Crippen LogP contribution is -2.44. The van der Waals surface area contributed by atoms with E-state index >= 15 is 0 Å². The number of nitrogens with one attached hydrogen (secondary N) is 2. The molecule has 0 bridgehead atoms. The lowest BCUT2D eigenvalue weighted by Gasteiger charge is -2.30. The predicted molar refractivity (Wildman–Crippen MR) is 60.4 cm³/mol. The van der Waals surface area contributed by atoms with E-state index in [4.69, 9.17) is 0 Å². The van der Waals surface area contributed by atoms with Gasteiger partial charge in [0.05, 0.1) is 0 Å². The number of hydrogen-bond donors (Lipinski definition) is 2. The Balaban J connectivity index is 1.70. The van der Waals surface area contributed by atoms with Crippen molar-refractivity contribution < 1.29 is 0 Å². The summed E-state index contributed by atoms with van der Waals surface area (Å²) in [5.41, 5.74) is 0.575. The van der Waals surface area contributed by atoms with Gasteiger partial charge in [0, 0.05) is 12.1 Å². The van der Waals surface area contributed by atoms with Gasteiger partial charge in [-0.2, -0.15) is 0 Å². The Morgan fingerprint density at radius 1 is 1.43 bits per heavy atom. The molecule has 2 fully saturated rings. The molecule has 14 heavy (non-hydrogen) atoms. The van der Waals surface area contributed by atoms with Crippen molar-refractivity contribution in [1.29, 1.82) is 0 Å². The molecule has 3 atom stereocenters. The van der Waals surface area contributed by atoms with Gasteiger partial charge in [0.15, 0.2) is 0 Å². The van der Waals surface area contributed by atoms with Crippen LogP contribution in [0.15, 0.2) is 0 Å². The molecule has 1 aliphatic carbocycles. The van der Waals surface area contributed by atoms with Crippen LogP contribution in [0.3, 0.4) is 0 Å². The fourth-order valence-corrected chi connectivity index (χ4v) is 2.50. The van der Waals surface area contributed by atoms with E-state index in [0.717, 1.165) is 12.0 Å². The summed E-state index contributed by atoms with van der Waals surface area (Å²) in [6, 6.07) is 1.50. The summed E-state index contributed by atoms with van der Waals surface area (Å²) in [7, 11) is 0. The number of piperidine rings is 1. The standard InChI is InChI=1S/C12H24N2/c1-9-10(5-4-6-13-9)8-14-11-7-12(11,2)3/h9-11,13-14H,4-8H2,1-3H3. The molecule has 0 aromatic heterocycles. The van der Waals surface area contributed by atoms with E-state index < -0.39 is 0 Å². The molecule has 1 saturated carbocycles. The first-order valence-corrected chi connectivity index (χ1v) is 6.06. The minimum absolute atomic E-state index is 0.575. The van der Waals surface area contributed by atoms with E-state index in [2.05, 4.69) is 31.4 Å². The number of hydrogen-bond acceptors (Lipinski definition) is 2. The van der Waals surface area contributed by atoms with Crippen molar-refractivity contribution in [3.8, 4) is 0 Å². The van der Waals surface area contributed by atoms with Crippen LogP contribution in [0.25, 0.3) is 0 Å². The Morgan fingerprint density at radius 2 is 2.14 bits per heavy atom. The van der Waals surface area contributed by atoms with E-state index in [0.29, 0.717) is 11.5 Å². The highest BCUT2D eigenvalue weighted by Gasteiger charge is 2.45. The Morgan fingerprint density at radius 3 is 2.71 bits per heavy atom. The minimum Gasteiger partial charge on any atom is -0.314 e. The maximum Gasteiger partial charge on any atom is 0.0125 e. The maximum absolute atomic E-state index is 3.71. The highest BCUT2D eigenvalue weighted by molar-refractivity contribution is 5.01. The fraction of sp³-hybridized carbons (Fsp3) is 1.00. The predicted octanol–water partition coefficient (Wildman–Crippen LogP) is 1.76. The first kappa shape index (κ1) is 10.4. The molecule has 0 spiro atoms. The third-order valence-electron chi connectivity index (χ3n) is 4.06. The third kappa shape index (κ3) is 2.29. The molecule has 2 rings (SSSR count). The summed E-state index contributed by atoms with van der Waals surface area (Å²) in [4.78, 5) is 0. The van der Waals surface area contributed by atoms with Crippen LogP contribution < -0.4 is 10.6 Å². The van der Waals surface area contributed by atoms with E-state index in [-0.39, 0.29) is 0 Å². The molecule has 1 heterocycles. The Kier molecular flexibility index (Phi) is 2.85. The second kappa shape index (κ2) is 3.82. The van der Waals surface area contributed by atoms with E-state index in [9.17, 15) is 0 Å². The van der Waals surface area contributed by atoms with Crippen molar-refractivity contribution in [2.75, 3.05) is 13.1 Å². The van der Waals surface area contributed by atoms with Crippen molar-refractivity contribution in [3.05, 3.63) is 0 Å². The molecule has 3 unspecified atom stereocenters. The van der Waals surface area contributed by atoms with Crippen LogP contribution in [-0.2, 0) is 0 Å². The highest BCUT2D eigenvalue weighted by atomic mass is 15.0. The molecule has 1 saturated heterocycles. The zero-order valence-corrected chi connectivity index (χ0v) is 9.77. The van der Waals surface area contributed by atoms with Crippen molar-refractivity contribution in [2.45, 2.75) is 52.1 Å². The molecule has 2 N–H and O–H groups in total. The average Bonchev–Trinajstić information content (AvgIpc) is 2.73. The molecular weight excluding hydrogens is 172 g/mol. The maximum atomic E-state index is 3.71. The second-order valence-corrected chi connectivity index (χ2v) is 5.80. The molecule has 0 aromatic rings. The van der Waals surface area contributed by atoms with Gasteiger partial charge < -0.3 is 10.6 Å². The van der Waals surface area contributed by atoms with E-state index in [1.807, 2.05) is 0 Å². The minimum atomic E-state index is 0.575. The lowest BCUT2D eigenvalue weighted by atomic mass is 9.92. The molecular formula is C12H24N2. The summed E-state index contributed by atoms with van der Waals surface area (Å²) < 4.78 is 0. The average molecular weight is 196 g/mol. The summed E-state index contributed by atoms with van der Waals surface area (Å²) in [6.45, 7) is 9.46. The molecule has 0 amide bonds. The largest absolute Gasteiger partial charge is 0.314 e. The van der Waals surface area contributed by atoms with Gasteiger partial charge in [0.25, 0.3) is 0 Å². The SMILES string of the molecule is CC1NCCCC1CNC1CC1(C)C.